The summed E-state index contributed by atoms with van der Waals surface area (Å²) < 4.78 is 41.9. The van der Waals surface area contributed by atoms with E-state index in [2.05, 4.69) is 8.83 Å². The van der Waals surface area contributed by atoms with Crippen molar-refractivity contribution < 1.29 is 58.9 Å². The molecular formula is C8H17NO12P2. The summed E-state index contributed by atoms with van der Waals surface area (Å²) in [6.07, 6.45) is -7.11. The molecule has 0 bridgehead atoms. The van der Waals surface area contributed by atoms with E-state index in [0.717, 1.165) is 0 Å². The van der Waals surface area contributed by atoms with Crippen LogP contribution in [0.5, 0.6) is 0 Å². The number of carbonyl (C=O) groups is 1. The predicted molar refractivity (Wildman–Crippen MR) is 69.4 cm³/mol. The highest BCUT2D eigenvalue weighted by Gasteiger charge is 2.48. The zero-order valence-electron chi connectivity index (χ0n) is 12.3. The van der Waals surface area contributed by atoms with Crippen LogP contribution in [0.3, 0.4) is 0 Å². The fourth-order valence-corrected chi connectivity index (χ4v) is 3.47. The highest BCUT2D eigenvalue weighted by Crippen LogP contribution is 2.58. The SMILES string of the molecule is [2H]CC(=O)N[C@H]1C(OP(=O)(O)OP(=O)(O)O)O[C@H](CO)[C@H](O)[C@@H]1O. The summed E-state index contributed by atoms with van der Waals surface area (Å²) in [5, 5.41) is 30.7. The minimum atomic E-state index is -5.43. The van der Waals surface area contributed by atoms with Gasteiger partial charge in [-0.25, -0.2) is 9.13 Å². The Kier molecular flexibility index (Phi) is 6.28. The van der Waals surface area contributed by atoms with E-state index >= 15 is 0 Å². The fraction of sp³-hybridized carbons (Fsp3) is 0.875. The van der Waals surface area contributed by atoms with Gasteiger partial charge >= 0.3 is 15.6 Å². The number of phosphoric ester groups is 1. The number of aliphatic hydroxyl groups is 3. The molecule has 0 aromatic heterocycles. The molecule has 0 aliphatic carbocycles. The third kappa shape index (κ3) is 6.18. The highest BCUT2D eigenvalue weighted by molar-refractivity contribution is 7.60. The number of phosphoric acid groups is 2. The normalized spacial score (nSPS) is 35.2. The smallest absolute Gasteiger partial charge is 0.394 e. The first-order chi connectivity index (χ1) is 10.9. The molecule has 6 atom stereocenters. The molecule has 0 aromatic carbocycles. The van der Waals surface area contributed by atoms with Crippen LogP contribution in [-0.2, 0) is 27.5 Å². The van der Waals surface area contributed by atoms with E-state index in [1.807, 2.05) is 5.32 Å². The second-order valence-electron chi connectivity index (χ2n) is 4.45. The largest absolute Gasteiger partial charge is 0.483 e. The van der Waals surface area contributed by atoms with Crippen LogP contribution in [0.1, 0.15) is 8.27 Å². The number of carbonyl (C=O) groups excluding carboxylic acids is 1. The molecule has 1 aliphatic heterocycles. The Balaban J connectivity index is 3.01. The van der Waals surface area contributed by atoms with Crippen LogP contribution in [-0.4, -0.2) is 73.2 Å². The van der Waals surface area contributed by atoms with E-state index in [9.17, 15) is 29.0 Å². The van der Waals surface area contributed by atoms with Crippen molar-refractivity contribution in [1.29, 1.82) is 0 Å². The summed E-state index contributed by atoms with van der Waals surface area (Å²) >= 11 is 0. The third-order valence-electron chi connectivity index (χ3n) is 2.66. The number of ether oxygens (including phenoxy) is 1. The van der Waals surface area contributed by atoms with E-state index in [0.29, 0.717) is 0 Å². The highest BCUT2D eigenvalue weighted by atomic mass is 31.3. The van der Waals surface area contributed by atoms with Crippen molar-refractivity contribution in [2.45, 2.75) is 37.5 Å². The summed E-state index contributed by atoms with van der Waals surface area (Å²) in [6, 6.07) is -1.69. The fourth-order valence-electron chi connectivity index (χ4n) is 1.80. The lowest BCUT2D eigenvalue weighted by Crippen LogP contribution is -2.64. The standard InChI is InChI=1S/C8H17NO12P2/c1-3(11)9-5-7(13)6(12)4(2-10)19-8(5)20-23(17,18)21-22(14,15)16/h4-8,10,12-13H,2H2,1H3,(H,9,11)(H,17,18)(H2,14,15,16)/t4-,5-,6+,7-,8?/m1/s1/i1D. The van der Waals surface area contributed by atoms with E-state index in [1.165, 1.54) is 0 Å². The minimum Gasteiger partial charge on any atom is -0.394 e. The van der Waals surface area contributed by atoms with Gasteiger partial charge in [0.05, 0.1) is 6.61 Å². The van der Waals surface area contributed by atoms with Gasteiger partial charge in [-0.1, -0.05) is 0 Å². The van der Waals surface area contributed by atoms with Gasteiger partial charge in [0.2, 0.25) is 5.91 Å². The van der Waals surface area contributed by atoms with Gasteiger partial charge in [-0.05, 0) is 0 Å². The van der Waals surface area contributed by atoms with Gasteiger partial charge in [0.15, 0.2) is 6.29 Å². The van der Waals surface area contributed by atoms with Crippen molar-refractivity contribution in [1.82, 2.24) is 5.32 Å². The van der Waals surface area contributed by atoms with E-state index in [4.69, 9.17) is 21.0 Å². The van der Waals surface area contributed by atoms with Crippen molar-refractivity contribution in [3.05, 3.63) is 0 Å². The molecule has 7 N–H and O–H groups in total. The van der Waals surface area contributed by atoms with Gasteiger partial charge in [0.1, 0.15) is 24.4 Å². The zero-order valence-corrected chi connectivity index (χ0v) is 13.1. The number of hydrogen-bond donors (Lipinski definition) is 7. The zero-order chi connectivity index (χ0) is 18.7. The Bertz CT molecular complexity index is 541. The summed E-state index contributed by atoms with van der Waals surface area (Å²) in [7, 11) is -10.8. The Morgan fingerprint density at radius 1 is 1.30 bits per heavy atom. The van der Waals surface area contributed by atoms with Crippen LogP contribution in [0.25, 0.3) is 0 Å². The second-order valence-corrected chi connectivity index (χ2v) is 7.23. The van der Waals surface area contributed by atoms with Gasteiger partial charge in [-0.2, -0.15) is 4.31 Å². The lowest BCUT2D eigenvalue weighted by molar-refractivity contribution is -0.247. The maximum atomic E-state index is 11.6. The molecule has 0 radical (unpaired) electrons. The lowest BCUT2D eigenvalue weighted by Gasteiger charge is -2.42. The van der Waals surface area contributed by atoms with Crippen LogP contribution < -0.4 is 5.32 Å². The molecule has 1 saturated heterocycles. The van der Waals surface area contributed by atoms with Crippen molar-refractivity contribution in [3.63, 3.8) is 0 Å². The minimum absolute atomic E-state index is 0.800. The van der Waals surface area contributed by atoms with Gasteiger partial charge in [0.25, 0.3) is 0 Å². The van der Waals surface area contributed by atoms with Crippen LogP contribution in [0.4, 0.5) is 0 Å². The molecule has 0 aromatic rings. The van der Waals surface area contributed by atoms with Crippen LogP contribution >= 0.6 is 15.6 Å². The Morgan fingerprint density at radius 2 is 1.91 bits per heavy atom. The van der Waals surface area contributed by atoms with E-state index in [1.54, 1.807) is 0 Å². The Hall–Kier alpha value is -0.430. The average molecular weight is 382 g/mol. The molecule has 1 rings (SSSR count). The van der Waals surface area contributed by atoms with Crippen molar-refractivity contribution in [2.75, 3.05) is 6.61 Å². The quantitative estimate of drug-likeness (QED) is 0.231. The molecule has 15 heteroatoms. The van der Waals surface area contributed by atoms with Crippen molar-refractivity contribution in [2.24, 2.45) is 0 Å². The second kappa shape index (κ2) is 7.64. The molecular weight excluding hydrogens is 364 g/mol. The molecule has 23 heavy (non-hydrogen) atoms. The number of aliphatic hydroxyl groups excluding tert-OH is 3. The van der Waals surface area contributed by atoms with Gasteiger partial charge in [0, 0.05) is 8.27 Å². The average Bonchev–Trinajstić information content (AvgIpc) is 2.43. The van der Waals surface area contributed by atoms with Crippen molar-refractivity contribution >= 4 is 21.6 Å². The number of hydrogen-bond acceptors (Lipinski definition) is 9. The maximum Gasteiger partial charge on any atom is 0.483 e. The van der Waals surface area contributed by atoms with Gasteiger partial charge in [-0.15, -0.1) is 0 Å². The third-order valence-corrected chi connectivity index (χ3v) is 4.81. The number of nitrogens with one attached hydrogen (secondary N) is 1. The summed E-state index contributed by atoms with van der Waals surface area (Å²) in [5.41, 5.74) is 0. The van der Waals surface area contributed by atoms with Crippen LogP contribution in [0.15, 0.2) is 0 Å². The Labute approximate surface area is 131 Å². The van der Waals surface area contributed by atoms with Gasteiger partial charge in [-0.3, -0.25) is 9.32 Å². The molecule has 136 valence electrons. The van der Waals surface area contributed by atoms with Gasteiger partial charge < -0.3 is 40.1 Å². The molecule has 13 nitrogen and oxygen atoms in total. The molecule has 1 heterocycles. The maximum absolute atomic E-state index is 11.6. The Morgan fingerprint density at radius 3 is 2.39 bits per heavy atom. The van der Waals surface area contributed by atoms with E-state index < -0.39 is 65.7 Å². The van der Waals surface area contributed by atoms with Crippen LogP contribution in [0, 0.1) is 0 Å². The summed E-state index contributed by atoms with van der Waals surface area (Å²) in [4.78, 5) is 37.7. The molecule has 0 saturated carbocycles. The first kappa shape index (κ1) is 18.9. The van der Waals surface area contributed by atoms with Crippen LogP contribution in [0.2, 0.25) is 0 Å². The molecule has 1 fully saturated rings. The monoisotopic (exact) mass is 382 g/mol. The first-order valence-electron chi connectivity index (χ1n) is 6.60. The summed E-state index contributed by atoms with van der Waals surface area (Å²) in [5.74, 6) is -0.977. The van der Waals surface area contributed by atoms with Crippen molar-refractivity contribution in [3.8, 4) is 0 Å². The predicted octanol–water partition coefficient (Wildman–Crippen LogP) is -2.84. The lowest BCUT2D eigenvalue weighted by atomic mass is 9.97. The molecule has 1 aliphatic rings. The molecule has 0 spiro atoms. The summed E-state index contributed by atoms with van der Waals surface area (Å²) in [6.45, 7) is -1.66. The number of rotatable bonds is 6. The molecule has 2 unspecified atom stereocenters. The first-order valence-corrected chi connectivity index (χ1v) is 8.92. The topological polar surface area (TPSA) is 212 Å². The molecule has 1 amide bonds. The van der Waals surface area contributed by atoms with E-state index in [-0.39, 0.29) is 0 Å². The number of amides is 1.